The van der Waals surface area contributed by atoms with Gasteiger partial charge in [0.15, 0.2) is 0 Å². The molecule has 2 fully saturated rings. The normalized spacial score (nSPS) is 21.4. The Bertz CT molecular complexity index is 921. The van der Waals surface area contributed by atoms with E-state index in [2.05, 4.69) is 27.2 Å². The van der Waals surface area contributed by atoms with E-state index in [1.807, 2.05) is 30.3 Å². The molecule has 0 spiro atoms. The van der Waals surface area contributed by atoms with Crippen LogP contribution in [0.25, 0.3) is 0 Å². The highest BCUT2D eigenvalue weighted by Crippen LogP contribution is 2.31. The lowest BCUT2D eigenvalue weighted by Gasteiger charge is -2.45. The van der Waals surface area contributed by atoms with Crippen molar-refractivity contribution < 1.29 is 9.90 Å². The van der Waals surface area contributed by atoms with Crippen molar-refractivity contribution in [2.75, 3.05) is 44.6 Å². The number of nitrogens with one attached hydrogen (secondary N) is 1. The van der Waals surface area contributed by atoms with Crippen molar-refractivity contribution in [3.63, 3.8) is 0 Å². The van der Waals surface area contributed by atoms with Crippen LogP contribution < -0.4 is 5.32 Å². The fraction of sp³-hybridized carbons (Fsp3) is 0.538. The summed E-state index contributed by atoms with van der Waals surface area (Å²) in [5.41, 5.74) is 3.47. The maximum absolute atomic E-state index is 11.8. The average molecular weight is 435 g/mol. The number of hydrogen-bond donors (Lipinski definition) is 2. The molecular formula is C26H34N4O2. The van der Waals surface area contributed by atoms with Gasteiger partial charge in [0, 0.05) is 31.9 Å². The number of nitrogens with zero attached hydrogens (tertiary/aromatic N) is 3. The van der Waals surface area contributed by atoms with E-state index in [4.69, 9.17) is 4.98 Å². The van der Waals surface area contributed by atoms with Gasteiger partial charge < -0.3 is 15.3 Å². The molecule has 3 aliphatic heterocycles. The number of piperidine rings is 1. The summed E-state index contributed by atoms with van der Waals surface area (Å²) in [6.45, 7) is 6.16. The van der Waals surface area contributed by atoms with Crippen molar-refractivity contribution in [3.8, 4) is 0 Å². The third kappa shape index (κ3) is 4.81. The molecule has 4 heterocycles. The highest BCUT2D eigenvalue weighted by Gasteiger charge is 2.38. The summed E-state index contributed by atoms with van der Waals surface area (Å²) in [6.07, 6.45) is 5.88. The van der Waals surface area contributed by atoms with E-state index in [0.29, 0.717) is 11.8 Å². The second-order valence-corrected chi connectivity index (χ2v) is 9.76. The van der Waals surface area contributed by atoms with Crippen molar-refractivity contribution in [3.05, 3.63) is 59.3 Å². The van der Waals surface area contributed by atoms with Crippen LogP contribution in [0.15, 0.2) is 42.5 Å². The fourth-order valence-electron chi connectivity index (χ4n) is 5.60. The van der Waals surface area contributed by atoms with E-state index in [-0.39, 0.29) is 0 Å². The molecule has 0 saturated carbocycles. The molecular weight excluding hydrogens is 400 g/mol. The lowest BCUT2D eigenvalue weighted by molar-refractivity contribution is -0.147. The molecule has 1 unspecified atom stereocenters. The van der Waals surface area contributed by atoms with Crippen LogP contribution in [-0.4, -0.2) is 65.1 Å². The molecule has 1 aromatic heterocycles. The quantitative estimate of drug-likeness (QED) is 0.696. The van der Waals surface area contributed by atoms with E-state index in [9.17, 15) is 9.90 Å². The fourth-order valence-corrected chi connectivity index (χ4v) is 5.60. The van der Waals surface area contributed by atoms with Crippen LogP contribution >= 0.6 is 0 Å². The number of aliphatic carboxylic acids is 1. The molecule has 1 aromatic carbocycles. The molecule has 0 radical (unpaired) electrons. The van der Waals surface area contributed by atoms with E-state index < -0.39 is 12.0 Å². The Balaban J connectivity index is 1.07. The molecule has 1 atom stereocenters. The summed E-state index contributed by atoms with van der Waals surface area (Å²) in [4.78, 5) is 21.4. The molecule has 0 aliphatic carbocycles. The molecule has 2 N–H and O–H groups in total. The highest BCUT2D eigenvalue weighted by atomic mass is 16.4. The number of carbonyl (C=O) groups is 1. The lowest BCUT2D eigenvalue weighted by atomic mass is 9.89. The second kappa shape index (κ2) is 9.59. The minimum atomic E-state index is -0.749. The molecule has 5 rings (SSSR count). The Morgan fingerprint density at radius 1 is 1.09 bits per heavy atom. The summed E-state index contributed by atoms with van der Waals surface area (Å²) in [5, 5.41) is 13.2. The van der Waals surface area contributed by atoms with E-state index in [1.54, 1.807) is 0 Å². The average Bonchev–Trinajstić information content (AvgIpc) is 2.79. The number of fused-ring (bicyclic) bond motifs is 1. The van der Waals surface area contributed by atoms with Gasteiger partial charge in [-0.05, 0) is 74.2 Å². The van der Waals surface area contributed by atoms with Gasteiger partial charge in [0.1, 0.15) is 11.9 Å². The molecule has 0 bridgehead atoms. The third-order valence-electron chi connectivity index (χ3n) is 7.37. The molecule has 170 valence electrons. The number of aryl methyl sites for hydroxylation is 1. The largest absolute Gasteiger partial charge is 0.480 e. The predicted molar refractivity (Wildman–Crippen MR) is 126 cm³/mol. The van der Waals surface area contributed by atoms with Gasteiger partial charge in [-0.25, -0.2) is 4.98 Å². The van der Waals surface area contributed by atoms with Crippen molar-refractivity contribution in [2.45, 2.75) is 38.1 Å². The third-order valence-corrected chi connectivity index (χ3v) is 7.37. The topological polar surface area (TPSA) is 68.7 Å². The summed E-state index contributed by atoms with van der Waals surface area (Å²) in [6, 6.07) is 13.6. The first-order chi connectivity index (χ1) is 15.7. The number of anilines is 1. The summed E-state index contributed by atoms with van der Waals surface area (Å²) < 4.78 is 0. The second-order valence-electron chi connectivity index (χ2n) is 9.76. The van der Waals surface area contributed by atoms with Gasteiger partial charge in [-0.15, -0.1) is 0 Å². The Morgan fingerprint density at radius 3 is 2.62 bits per heavy atom. The number of benzene rings is 1. The number of carboxylic acid groups (broad SMARTS) is 1. The molecule has 6 nitrogen and oxygen atoms in total. The number of aromatic nitrogens is 1. The predicted octanol–water partition coefficient (Wildman–Crippen LogP) is 3.45. The molecule has 2 aromatic rings. The minimum absolute atomic E-state index is 0.517. The smallest absolute Gasteiger partial charge is 0.325 e. The van der Waals surface area contributed by atoms with Crippen molar-refractivity contribution in [1.29, 1.82) is 0 Å². The van der Waals surface area contributed by atoms with Crippen LogP contribution in [0.3, 0.4) is 0 Å². The molecule has 6 heteroatoms. The van der Waals surface area contributed by atoms with Crippen LogP contribution in [-0.2, 0) is 17.6 Å². The van der Waals surface area contributed by atoms with Gasteiger partial charge >= 0.3 is 5.97 Å². The maximum Gasteiger partial charge on any atom is 0.325 e. The van der Waals surface area contributed by atoms with Crippen LogP contribution in [0.2, 0.25) is 0 Å². The first-order valence-electron chi connectivity index (χ1n) is 12.1. The van der Waals surface area contributed by atoms with Gasteiger partial charge in [-0.3, -0.25) is 9.69 Å². The van der Waals surface area contributed by atoms with Gasteiger partial charge in [0.05, 0.1) is 0 Å². The van der Waals surface area contributed by atoms with Gasteiger partial charge in [-0.2, -0.15) is 0 Å². The monoisotopic (exact) mass is 434 g/mol. The van der Waals surface area contributed by atoms with Gasteiger partial charge in [0.2, 0.25) is 0 Å². The molecule has 32 heavy (non-hydrogen) atoms. The first-order valence-corrected chi connectivity index (χ1v) is 12.1. The highest BCUT2D eigenvalue weighted by molar-refractivity contribution is 5.75. The zero-order valence-electron chi connectivity index (χ0n) is 18.7. The summed E-state index contributed by atoms with van der Waals surface area (Å²) in [7, 11) is 0. The number of rotatable bonds is 7. The number of pyridine rings is 1. The zero-order chi connectivity index (χ0) is 21.9. The number of carboxylic acids is 1. The molecule has 0 amide bonds. The van der Waals surface area contributed by atoms with Crippen molar-refractivity contribution >= 4 is 11.8 Å². The van der Waals surface area contributed by atoms with Crippen LogP contribution in [0.1, 0.15) is 42.1 Å². The molecule has 3 aliphatic rings. The van der Waals surface area contributed by atoms with Crippen molar-refractivity contribution in [1.82, 2.24) is 14.8 Å². The van der Waals surface area contributed by atoms with E-state index >= 15 is 0 Å². The SMILES string of the molecule is O=C(O)C(c1ccccc1)N1CC(CN2CCC(Cc3ccc4c(n3)NCCC4)CC2)C1. The van der Waals surface area contributed by atoms with E-state index in [0.717, 1.165) is 63.5 Å². The van der Waals surface area contributed by atoms with E-state index in [1.165, 1.54) is 30.5 Å². The van der Waals surface area contributed by atoms with Gasteiger partial charge in [0.25, 0.3) is 0 Å². The number of likely N-dealkylation sites (tertiary alicyclic amines) is 2. The lowest BCUT2D eigenvalue weighted by Crippen LogP contribution is -2.54. The standard InChI is InChI=1S/C26H34N4O2/c31-26(32)24(21-5-2-1-3-6-21)30-17-20(18-30)16-29-13-10-19(11-14-29)15-23-9-8-22-7-4-12-27-25(22)28-23/h1-3,5-6,8-9,19-20,24H,4,7,10-18H2,(H,27,28)(H,31,32). The van der Waals surface area contributed by atoms with Crippen molar-refractivity contribution in [2.24, 2.45) is 11.8 Å². The maximum atomic E-state index is 11.8. The molecule has 2 saturated heterocycles. The number of hydrogen-bond acceptors (Lipinski definition) is 5. The zero-order valence-corrected chi connectivity index (χ0v) is 18.7. The minimum Gasteiger partial charge on any atom is -0.480 e. The Morgan fingerprint density at radius 2 is 1.88 bits per heavy atom. The Labute approximate surface area is 190 Å². The van der Waals surface area contributed by atoms with Crippen LogP contribution in [0.5, 0.6) is 0 Å². The Hall–Kier alpha value is -2.44. The summed E-state index contributed by atoms with van der Waals surface area (Å²) in [5.74, 6) is 1.65. The Kier molecular flexibility index (Phi) is 6.42. The van der Waals surface area contributed by atoms with Crippen LogP contribution in [0, 0.1) is 11.8 Å². The first kappa shape index (κ1) is 21.4. The summed E-state index contributed by atoms with van der Waals surface area (Å²) >= 11 is 0. The van der Waals surface area contributed by atoms with Gasteiger partial charge in [-0.1, -0.05) is 36.4 Å². The van der Waals surface area contributed by atoms with Crippen LogP contribution in [0.4, 0.5) is 5.82 Å².